The molecule has 2 N–H and O–H groups in total. The molecule has 6 nitrogen and oxygen atoms in total. The quantitative estimate of drug-likeness (QED) is 0.792. The number of carbonyl (C=O) groups is 1. The van der Waals surface area contributed by atoms with Crippen LogP contribution in [-0.4, -0.2) is 33.5 Å². The molecule has 1 fully saturated rings. The van der Waals surface area contributed by atoms with E-state index < -0.39 is 16.1 Å². The second kappa shape index (κ2) is 9.37. The second-order valence-corrected chi connectivity index (χ2v) is 8.74. The first kappa shape index (κ1) is 20.7. The molecule has 1 atom stereocenters. The van der Waals surface area contributed by atoms with Crippen LogP contribution in [0.3, 0.4) is 0 Å². The molecule has 0 heterocycles. The van der Waals surface area contributed by atoms with Crippen molar-refractivity contribution < 1.29 is 17.9 Å². The van der Waals surface area contributed by atoms with E-state index >= 15 is 0 Å². The summed E-state index contributed by atoms with van der Waals surface area (Å²) in [4.78, 5) is 12.6. The van der Waals surface area contributed by atoms with Crippen LogP contribution in [0.5, 0.6) is 5.75 Å². The summed E-state index contributed by atoms with van der Waals surface area (Å²) in [5.74, 6) is 0.350. The van der Waals surface area contributed by atoms with Crippen molar-refractivity contribution in [3.05, 3.63) is 23.8 Å². The van der Waals surface area contributed by atoms with Gasteiger partial charge in [-0.15, -0.1) is 0 Å². The number of rotatable bonds is 6. The third-order valence-electron chi connectivity index (χ3n) is 4.85. The predicted molar refractivity (Wildman–Crippen MR) is 102 cm³/mol. The third-order valence-corrected chi connectivity index (χ3v) is 6.39. The number of benzene rings is 1. The fourth-order valence-corrected chi connectivity index (χ4v) is 4.59. The molecule has 0 bridgehead atoms. The fraction of sp³-hybridized carbons (Fsp3) is 0.632. The molecule has 0 aromatic heterocycles. The Morgan fingerprint density at radius 1 is 1.15 bits per heavy atom. The van der Waals surface area contributed by atoms with Gasteiger partial charge < -0.3 is 10.1 Å². The van der Waals surface area contributed by atoms with Crippen LogP contribution in [0.1, 0.15) is 57.4 Å². The van der Waals surface area contributed by atoms with Gasteiger partial charge in [0.15, 0.2) is 0 Å². The molecular weight excluding hydrogens is 352 g/mol. The number of methoxy groups -OCH3 is 1. The number of nitrogens with one attached hydrogen (secondary N) is 2. The van der Waals surface area contributed by atoms with Gasteiger partial charge >= 0.3 is 0 Å². The molecule has 146 valence electrons. The van der Waals surface area contributed by atoms with Crippen LogP contribution in [0.15, 0.2) is 23.1 Å². The monoisotopic (exact) mass is 382 g/mol. The van der Waals surface area contributed by atoms with Gasteiger partial charge in [-0.3, -0.25) is 4.79 Å². The lowest BCUT2D eigenvalue weighted by Gasteiger charge is -2.23. The summed E-state index contributed by atoms with van der Waals surface area (Å²) < 4.78 is 32.7. The highest BCUT2D eigenvalue weighted by atomic mass is 32.2. The average molecular weight is 383 g/mol. The molecular formula is C19H30N2O4S. The van der Waals surface area contributed by atoms with E-state index in [4.69, 9.17) is 4.74 Å². The number of ether oxygens (including phenoxy) is 1. The molecule has 0 spiro atoms. The Labute approximate surface area is 156 Å². The Hall–Kier alpha value is -1.60. The minimum absolute atomic E-state index is 0.126. The molecule has 1 saturated carbocycles. The predicted octanol–water partition coefficient (Wildman–Crippen LogP) is 2.90. The molecule has 7 heteroatoms. The lowest BCUT2D eigenvalue weighted by Crippen LogP contribution is -2.48. The topological polar surface area (TPSA) is 84.5 Å². The van der Waals surface area contributed by atoms with Crippen molar-refractivity contribution >= 4 is 15.9 Å². The average Bonchev–Trinajstić information content (AvgIpc) is 2.56. The molecule has 1 aliphatic carbocycles. The Kier molecular flexibility index (Phi) is 7.46. The molecule has 2 rings (SSSR count). The van der Waals surface area contributed by atoms with Gasteiger partial charge in [0.25, 0.3) is 0 Å². The lowest BCUT2D eigenvalue weighted by atomic mass is 9.96. The van der Waals surface area contributed by atoms with Gasteiger partial charge in [0.2, 0.25) is 15.9 Å². The summed E-state index contributed by atoms with van der Waals surface area (Å²) >= 11 is 0. The second-order valence-electron chi connectivity index (χ2n) is 7.03. The SMILES string of the molecule is COc1ccc(S(=O)(=O)N[C@H](C)C(=O)NC2CCCCCCC2)cc1C. The summed E-state index contributed by atoms with van der Waals surface area (Å²) in [6.07, 6.45) is 7.80. The molecule has 0 saturated heterocycles. The molecule has 1 aromatic carbocycles. The van der Waals surface area contributed by atoms with Gasteiger partial charge in [0.05, 0.1) is 18.0 Å². The van der Waals surface area contributed by atoms with E-state index in [1.54, 1.807) is 26.0 Å². The van der Waals surface area contributed by atoms with Crippen molar-refractivity contribution in [1.82, 2.24) is 10.0 Å². The maximum absolute atomic E-state index is 12.6. The molecule has 1 amide bonds. The Morgan fingerprint density at radius 3 is 2.35 bits per heavy atom. The van der Waals surface area contributed by atoms with Crippen LogP contribution in [0, 0.1) is 6.92 Å². The first-order chi connectivity index (χ1) is 12.3. The first-order valence-electron chi connectivity index (χ1n) is 9.31. The van der Waals surface area contributed by atoms with Gasteiger partial charge in [0.1, 0.15) is 5.75 Å². The standard InChI is InChI=1S/C19H30N2O4S/c1-14-13-17(11-12-18(14)25-3)26(23,24)21-15(2)19(22)20-16-9-7-5-4-6-8-10-16/h11-13,15-16,21H,4-10H2,1-3H3,(H,20,22)/t15-/m1/s1. The molecule has 0 radical (unpaired) electrons. The van der Waals surface area contributed by atoms with Crippen LogP contribution >= 0.6 is 0 Å². The van der Waals surface area contributed by atoms with Crippen molar-refractivity contribution in [1.29, 1.82) is 0 Å². The molecule has 0 unspecified atom stereocenters. The number of carbonyl (C=O) groups excluding carboxylic acids is 1. The van der Waals surface area contributed by atoms with Gasteiger partial charge in [-0.1, -0.05) is 32.1 Å². The molecule has 1 aromatic rings. The Bertz CT molecular complexity index is 710. The largest absolute Gasteiger partial charge is 0.496 e. The summed E-state index contributed by atoms with van der Waals surface area (Å²) in [6, 6.07) is 3.95. The van der Waals surface area contributed by atoms with Gasteiger partial charge in [-0.2, -0.15) is 4.72 Å². The number of hydrogen-bond donors (Lipinski definition) is 2. The number of hydrogen-bond acceptors (Lipinski definition) is 4. The van der Waals surface area contributed by atoms with E-state index in [2.05, 4.69) is 10.0 Å². The normalized spacial score (nSPS) is 17.8. The van der Waals surface area contributed by atoms with Gasteiger partial charge in [-0.25, -0.2) is 8.42 Å². The van der Waals surface area contributed by atoms with Crippen LogP contribution in [0.2, 0.25) is 0 Å². The highest BCUT2D eigenvalue weighted by Crippen LogP contribution is 2.21. The number of sulfonamides is 1. The van der Waals surface area contributed by atoms with Crippen LogP contribution in [0.4, 0.5) is 0 Å². The van der Waals surface area contributed by atoms with E-state index in [0.29, 0.717) is 5.75 Å². The molecule has 26 heavy (non-hydrogen) atoms. The Morgan fingerprint density at radius 2 is 1.77 bits per heavy atom. The van der Waals surface area contributed by atoms with E-state index in [0.717, 1.165) is 31.2 Å². The van der Waals surface area contributed by atoms with Crippen LogP contribution in [0.25, 0.3) is 0 Å². The number of amides is 1. The highest BCUT2D eigenvalue weighted by molar-refractivity contribution is 7.89. The smallest absolute Gasteiger partial charge is 0.241 e. The van der Waals surface area contributed by atoms with E-state index in [1.165, 1.54) is 32.4 Å². The van der Waals surface area contributed by atoms with E-state index in [-0.39, 0.29) is 16.8 Å². The van der Waals surface area contributed by atoms with Gasteiger partial charge in [-0.05, 0) is 50.5 Å². The third kappa shape index (κ3) is 5.71. The fourth-order valence-electron chi connectivity index (χ4n) is 3.30. The van der Waals surface area contributed by atoms with Gasteiger partial charge in [0, 0.05) is 6.04 Å². The zero-order valence-corrected chi connectivity index (χ0v) is 16.7. The minimum Gasteiger partial charge on any atom is -0.496 e. The lowest BCUT2D eigenvalue weighted by molar-refractivity contribution is -0.123. The Balaban J connectivity index is 1.99. The highest BCUT2D eigenvalue weighted by Gasteiger charge is 2.24. The van der Waals surface area contributed by atoms with E-state index in [1.807, 2.05) is 0 Å². The summed E-state index contributed by atoms with van der Waals surface area (Å²) in [5.41, 5.74) is 0.724. The summed E-state index contributed by atoms with van der Waals surface area (Å²) in [5, 5.41) is 3.00. The van der Waals surface area contributed by atoms with Crippen molar-refractivity contribution in [2.24, 2.45) is 0 Å². The molecule has 1 aliphatic rings. The number of aryl methyl sites for hydroxylation is 1. The maximum atomic E-state index is 12.6. The van der Waals surface area contributed by atoms with Crippen LogP contribution in [-0.2, 0) is 14.8 Å². The van der Waals surface area contributed by atoms with E-state index in [9.17, 15) is 13.2 Å². The van der Waals surface area contributed by atoms with Crippen molar-refractivity contribution in [3.8, 4) is 5.75 Å². The van der Waals surface area contributed by atoms with Crippen molar-refractivity contribution in [3.63, 3.8) is 0 Å². The summed E-state index contributed by atoms with van der Waals surface area (Å²) in [6.45, 7) is 3.36. The molecule has 0 aliphatic heterocycles. The zero-order chi connectivity index (χ0) is 19.2. The summed E-state index contributed by atoms with van der Waals surface area (Å²) in [7, 11) is -2.23. The van der Waals surface area contributed by atoms with Crippen molar-refractivity contribution in [2.75, 3.05) is 7.11 Å². The zero-order valence-electron chi connectivity index (χ0n) is 15.9. The minimum atomic E-state index is -3.77. The van der Waals surface area contributed by atoms with Crippen LogP contribution < -0.4 is 14.8 Å². The first-order valence-corrected chi connectivity index (χ1v) is 10.8. The van der Waals surface area contributed by atoms with Crippen molar-refractivity contribution in [2.45, 2.75) is 75.8 Å². The maximum Gasteiger partial charge on any atom is 0.241 e.